The summed E-state index contributed by atoms with van der Waals surface area (Å²) in [6.45, 7) is 1.65. The number of hydrogen-bond acceptors (Lipinski definition) is 4. The molecule has 1 aliphatic carbocycles. The lowest BCUT2D eigenvalue weighted by Gasteiger charge is -2.14. The minimum absolute atomic E-state index is 0.138. The first kappa shape index (κ1) is 13.9. The first-order valence-electron chi connectivity index (χ1n) is 5.70. The molecule has 0 unspecified atom stereocenters. The Morgan fingerprint density at radius 1 is 1.44 bits per heavy atom. The standard InChI is InChI=1S/C10H22N2O3S/c1-15-7-2-8-16(13,14)12-9-10(3-4-10)5-6-11/h12H,2-9,11H2,1H3. The van der Waals surface area contributed by atoms with Gasteiger partial charge in [0.15, 0.2) is 0 Å². The fourth-order valence-corrected chi connectivity index (χ4v) is 2.89. The summed E-state index contributed by atoms with van der Waals surface area (Å²) in [7, 11) is -1.57. The highest BCUT2D eigenvalue weighted by atomic mass is 32.2. The van der Waals surface area contributed by atoms with E-state index in [1.807, 2.05) is 0 Å². The molecule has 16 heavy (non-hydrogen) atoms. The van der Waals surface area contributed by atoms with Gasteiger partial charge in [-0.25, -0.2) is 13.1 Å². The highest BCUT2D eigenvalue weighted by Gasteiger charge is 2.41. The molecule has 0 spiro atoms. The third-order valence-electron chi connectivity index (χ3n) is 3.06. The lowest BCUT2D eigenvalue weighted by molar-refractivity contribution is 0.199. The molecule has 0 saturated heterocycles. The largest absolute Gasteiger partial charge is 0.385 e. The molecule has 1 aliphatic rings. The van der Waals surface area contributed by atoms with Gasteiger partial charge in [0.05, 0.1) is 5.75 Å². The van der Waals surface area contributed by atoms with Crippen LogP contribution in [-0.2, 0) is 14.8 Å². The van der Waals surface area contributed by atoms with Crippen LogP contribution in [0.1, 0.15) is 25.7 Å². The Morgan fingerprint density at radius 2 is 2.12 bits per heavy atom. The normalized spacial score (nSPS) is 18.6. The molecule has 0 aromatic rings. The van der Waals surface area contributed by atoms with Crippen molar-refractivity contribution in [2.75, 3.05) is 32.6 Å². The van der Waals surface area contributed by atoms with E-state index in [2.05, 4.69) is 4.72 Å². The molecule has 1 fully saturated rings. The number of hydrogen-bond donors (Lipinski definition) is 2. The van der Waals surface area contributed by atoms with Crippen molar-refractivity contribution in [1.82, 2.24) is 4.72 Å². The van der Waals surface area contributed by atoms with Crippen molar-refractivity contribution < 1.29 is 13.2 Å². The number of methoxy groups -OCH3 is 1. The van der Waals surface area contributed by atoms with E-state index in [1.165, 1.54) is 0 Å². The molecule has 0 aliphatic heterocycles. The average Bonchev–Trinajstić information content (AvgIpc) is 2.97. The van der Waals surface area contributed by atoms with Crippen molar-refractivity contribution in [2.45, 2.75) is 25.7 Å². The van der Waals surface area contributed by atoms with Gasteiger partial charge in [-0.15, -0.1) is 0 Å². The highest BCUT2D eigenvalue weighted by Crippen LogP contribution is 2.47. The van der Waals surface area contributed by atoms with Crippen molar-refractivity contribution in [3.63, 3.8) is 0 Å². The monoisotopic (exact) mass is 250 g/mol. The van der Waals surface area contributed by atoms with E-state index in [4.69, 9.17) is 10.5 Å². The topological polar surface area (TPSA) is 81.4 Å². The van der Waals surface area contributed by atoms with Gasteiger partial charge >= 0.3 is 0 Å². The van der Waals surface area contributed by atoms with Crippen LogP contribution in [0, 0.1) is 5.41 Å². The smallest absolute Gasteiger partial charge is 0.211 e. The van der Waals surface area contributed by atoms with Gasteiger partial charge in [-0.3, -0.25) is 0 Å². The quantitative estimate of drug-likeness (QED) is 0.567. The SMILES string of the molecule is COCCCS(=O)(=O)NCC1(CCN)CC1. The minimum Gasteiger partial charge on any atom is -0.385 e. The molecule has 0 aromatic heterocycles. The predicted molar refractivity (Wildman–Crippen MR) is 63.6 cm³/mol. The Hall–Kier alpha value is -0.170. The van der Waals surface area contributed by atoms with Gasteiger partial charge in [0, 0.05) is 20.3 Å². The minimum atomic E-state index is -3.14. The number of rotatable bonds is 9. The van der Waals surface area contributed by atoms with Crippen LogP contribution < -0.4 is 10.5 Å². The lowest BCUT2D eigenvalue weighted by Crippen LogP contribution is -2.33. The molecule has 0 bridgehead atoms. The van der Waals surface area contributed by atoms with Gasteiger partial charge < -0.3 is 10.5 Å². The molecule has 1 rings (SSSR count). The van der Waals surface area contributed by atoms with Crippen molar-refractivity contribution in [1.29, 1.82) is 0 Å². The zero-order valence-corrected chi connectivity index (χ0v) is 10.7. The van der Waals surface area contributed by atoms with Crippen molar-refractivity contribution in [3.05, 3.63) is 0 Å². The Balaban J connectivity index is 2.25. The van der Waals surface area contributed by atoms with Crippen molar-refractivity contribution >= 4 is 10.0 Å². The van der Waals surface area contributed by atoms with E-state index in [1.54, 1.807) is 7.11 Å². The average molecular weight is 250 g/mol. The van der Waals surface area contributed by atoms with Crippen LogP contribution in [0.2, 0.25) is 0 Å². The first-order chi connectivity index (χ1) is 7.54. The van der Waals surface area contributed by atoms with Crippen LogP contribution in [0.3, 0.4) is 0 Å². The summed E-state index contributed by atoms with van der Waals surface area (Å²) in [5.74, 6) is 0.138. The highest BCUT2D eigenvalue weighted by molar-refractivity contribution is 7.89. The van der Waals surface area contributed by atoms with E-state index in [9.17, 15) is 8.42 Å². The maximum atomic E-state index is 11.6. The lowest BCUT2D eigenvalue weighted by atomic mass is 10.0. The fourth-order valence-electron chi connectivity index (χ4n) is 1.73. The molecule has 96 valence electrons. The van der Waals surface area contributed by atoms with Gasteiger partial charge in [0.1, 0.15) is 0 Å². The van der Waals surface area contributed by atoms with E-state index in [-0.39, 0.29) is 11.2 Å². The second-order valence-electron chi connectivity index (χ2n) is 4.53. The fraction of sp³-hybridized carbons (Fsp3) is 1.00. The molecule has 6 heteroatoms. The summed E-state index contributed by atoms with van der Waals surface area (Å²) in [5, 5.41) is 0. The summed E-state index contributed by atoms with van der Waals surface area (Å²) >= 11 is 0. The molecule has 0 atom stereocenters. The number of ether oxygens (including phenoxy) is 1. The molecule has 0 radical (unpaired) electrons. The third kappa shape index (κ3) is 4.78. The van der Waals surface area contributed by atoms with Gasteiger partial charge in [-0.1, -0.05) is 0 Å². The zero-order chi connectivity index (χ0) is 12.1. The Kier molecular flexibility index (Phi) is 5.17. The molecule has 0 amide bonds. The summed E-state index contributed by atoms with van der Waals surface area (Å²) in [4.78, 5) is 0. The second-order valence-corrected chi connectivity index (χ2v) is 6.45. The summed E-state index contributed by atoms with van der Waals surface area (Å²) in [6.07, 6.45) is 3.62. The molecule has 1 saturated carbocycles. The second kappa shape index (κ2) is 5.95. The molecule has 0 aromatic carbocycles. The number of nitrogens with one attached hydrogen (secondary N) is 1. The maximum Gasteiger partial charge on any atom is 0.211 e. The molecule has 3 N–H and O–H groups in total. The van der Waals surface area contributed by atoms with Crippen LogP contribution in [0.25, 0.3) is 0 Å². The molecule has 5 nitrogen and oxygen atoms in total. The van der Waals surface area contributed by atoms with E-state index in [0.717, 1.165) is 19.3 Å². The van der Waals surface area contributed by atoms with E-state index < -0.39 is 10.0 Å². The van der Waals surface area contributed by atoms with Crippen LogP contribution in [-0.4, -0.2) is 41.0 Å². The van der Waals surface area contributed by atoms with E-state index >= 15 is 0 Å². The summed E-state index contributed by atoms with van der Waals surface area (Å²) in [6, 6.07) is 0. The first-order valence-corrected chi connectivity index (χ1v) is 7.35. The molecule has 0 heterocycles. The van der Waals surface area contributed by atoms with Gasteiger partial charge in [-0.05, 0) is 37.6 Å². The Bertz CT molecular complexity index is 299. The van der Waals surface area contributed by atoms with Crippen molar-refractivity contribution in [3.8, 4) is 0 Å². The molecular weight excluding hydrogens is 228 g/mol. The van der Waals surface area contributed by atoms with Gasteiger partial charge in [-0.2, -0.15) is 0 Å². The van der Waals surface area contributed by atoms with Crippen LogP contribution in [0.4, 0.5) is 0 Å². The zero-order valence-electron chi connectivity index (χ0n) is 9.87. The van der Waals surface area contributed by atoms with Crippen LogP contribution in [0.5, 0.6) is 0 Å². The van der Waals surface area contributed by atoms with Gasteiger partial charge in [0.2, 0.25) is 10.0 Å². The maximum absolute atomic E-state index is 11.6. The van der Waals surface area contributed by atoms with Gasteiger partial charge in [0.25, 0.3) is 0 Å². The van der Waals surface area contributed by atoms with E-state index in [0.29, 0.717) is 26.1 Å². The number of nitrogens with two attached hydrogens (primary N) is 1. The molecular formula is C10H22N2O3S. The number of sulfonamides is 1. The van der Waals surface area contributed by atoms with Crippen LogP contribution in [0.15, 0.2) is 0 Å². The van der Waals surface area contributed by atoms with Crippen LogP contribution >= 0.6 is 0 Å². The van der Waals surface area contributed by atoms with Crippen molar-refractivity contribution in [2.24, 2.45) is 11.1 Å². The summed E-state index contributed by atoms with van der Waals surface area (Å²) < 4.78 is 30.7. The predicted octanol–water partition coefficient (Wildman–Crippen LogP) is 0.0713. The Labute approximate surface area is 97.8 Å². The third-order valence-corrected chi connectivity index (χ3v) is 4.47. The summed E-state index contributed by atoms with van der Waals surface area (Å²) in [5.41, 5.74) is 5.65. The Morgan fingerprint density at radius 3 is 2.62 bits per heavy atom.